The van der Waals surface area contributed by atoms with Crippen LogP contribution in [0.4, 0.5) is 9.18 Å². The molecular formula is C21H31FN2O5S. The molecule has 1 aliphatic heterocycles. The van der Waals surface area contributed by atoms with Crippen molar-refractivity contribution in [2.45, 2.75) is 56.2 Å². The van der Waals surface area contributed by atoms with Crippen molar-refractivity contribution in [2.24, 2.45) is 0 Å². The average molecular weight is 443 g/mol. The fraction of sp³-hybridized carbons (Fsp3) is 0.667. The lowest BCUT2D eigenvalue weighted by Gasteiger charge is -2.32. The Morgan fingerprint density at radius 3 is 2.50 bits per heavy atom. The van der Waals surface area contributed by atoms with E-state index in [-0.39, 0.29) is 19.3 Å². The number of sulfonamides is 1. The van der Waals surface area contributed by atoms with Crippen molar-refractivity contribution >= 4 is 16.1 Å². The Morgan fingerprint density at radius 1 is 1.17 bits per heavy atom. The molecule has 9 heteroatoms. The molecule has 0 bridgehead atoms. The lowest BCUT2D eigenvalue weighted by atomic mass is 9.83. The van der Waals surface area contributed by atoms with Crippen molar-refractivity contribution in [3.8, 4) is 0 Å². The summed E-state index contributed by atoms with van der Waals surface area (Å²) in [6.45, 7) is -0.501. The smallest absolute Gasteiger partial charge is 0.410 e. The summed E-state index contributed by atoms with van der Waals surface area (Å²) in [5.74, 6) is 0.532. The molecule has 1 amide bonds. The standard InChI is InChI=1S/C21H31FN2O5S/c1-30(26,27)23-19-11-13-24(21(25)28-14-12-22)20(19)15-29-18-9-7-17(8-10-18)16-5-3-2-4-6-16/h2-6,17-20,23H,7-15H2,1H3/t17-,18+,19-,20-/m0/s1. The van der Waals surface area contributed by atoms with E-state index in [1.165, 1.54) is 10.5 Å². The molecular weight excluding hydrogens is 411 g/mol. The average Bonchev–Trinajstić information content (AvgIpc) is 3.12. The summed E-state index contributed by atoms with van der Waals surface area (Å²) in [6, 6.07) is 9.54. The van der Waals surface area contributed by atoms with Crippen LogP contribution in [0.15, 0.2) is 30.3 Å². The van der Waals surface area contributed by atoms with Gasteiger partial charge in [0.15, 0.2) is 0 Å². The van der Waals surface area contributed by atoms with Gasteiger partial charge in [0.05, 0.1) is 25.0 Å². The van der Waals surface area contributed by atoms with Gasteiger partial charge in [-0.15, -0.1) is 0 Å². The van der Waals surface area contributed by atoms with Gasteiger partial charge >= 0.3 is 6.09 Å². The third-order valence-electron chi connectivity index (χ3n) is 5.90. The first-order valence-corrected chi connectivity index (χ1v) is 12.4. The van der Waals surface area contributed by atoms with Crippen molar-refractivity contribution in [1.29, 1.82) is 0 Å². The van der Waals surface area contributed by atoms with Crippen LogP contribution >= 0.6 is 0 Å². The molecule has 1 heterocycles. The minimum absolute atomic E-state index is 0.0770. The molecule has 1 aromatic carbocycles. The number of benzene rings is 1. The van der Waals surface area contributed by atoms with E-state index in [1.54, 1.807) is 0 Å². The van der Waals surface area contributed by atoms with Crippen LogP contribution in [0.3, 0.4) is 0 Å². The summed E-state index contributed by atoms with van der Waals surface area (Å²) in [5.41, 5.74) is 1.35. The molecule has 168 valence electrons. The third kappa shape index (κ3) is 6.39. The van der Waals surface area contributed by atoms with E-state index in [0.717, 1.165) is 31.9 Å². The van der Waals surface area contributed by atoms with Crippen LogP contribution in [-0.2, 0) is 19.5 Å². The molecule has 30 heavy (non-hydrogen) atoms. The summed E-state index contributed by atoms with van der Waals surface area (Å²) < 4.78 is 49.4. The zero-order chi connectivity index (χ0) is 21.6. The molecule has 1 aliphatic carbocycles. The highest BCUT2D eigenvalue weighted by atomic mass is 32.2. The van der Waals surface area contributed by atoms with Crippen LogP contribution in [0.25, 0.3) is 0 Å². The number of halogens is 1. The van der Waals surface area contributed by atoms with Gasteiger partial charge in [0.1, 0.15) is 13.3 Å². The van der Waals surface area contributed by atoms with Crippen LogP contribution in [0, 0.1) is 0 Å². The monoisotopic (exact) mass is 442 g/mol. The molecule has 2 atom stereocenters. The number of ether oxygens (including phenoxy) is 2. The molecule has 1 aromatic rings. The molecule has 0 spiro atoms. The van der Waals surface area contributed by atoms with E-state index in [2.05, 4.69) is 29.0 Å². The molecule has 2 aliphatic rings. The Bertz CT molecular complexity index is 784. The summed E-state index contributed by atoms with van der Waals surface area (Å²) >= 11 is 0. The molecule has 0 unspecified atom stereocenters. The van der Waals surface area contributed by atoms with Crippen LogP contribution in [0.2, 0.25) is 0 Å². The fourth-order valence-corrected chi connectivity index (χ4v) is 5.26. The number of alkyl halides is 1. The first kappa shape index (κ1) is 23.0. The number of hydrogen-bond acceptors (Lipinski definition) is 5. The van der Waals surface area contributed by atoms with Crippen molar-refractivity contribution in [3.63, 3.8) is 0 Å². The Balaban J connectivity index is 1.56. The molecule has 0 aromatic heterocycles. The quantitative estimate of drug-likeness (QED) is 0.669. The number of nitrogens with zero attached hydrogens (tertiary/aromatic N) is 1. The first-order chi connectivity index (χ1) is 14.4. The second kappa shape index (κ2) is 10.5. The van der Waals surface area contributed by atoms with Crippen molar-refractivity contribution in [1.82, 2.24) is 9.62 Å². The zero-order valence-corrected chi connectivity index (χ0v) is 18.2. The maximum Gasteiger partial charge on any atom is 0.410 e. The lowest BCUT2D eigenvalue weighted by molar-refractivity contribution is -0.00718. The largest absolute Gasteiger partial charge is 0.447 e. The van der Waals surface area contributed by atoms with E-state index < -0.39 is 34.9 Å². The Kier molecular flexibility index (Phi) is 8.07. The normalized spacial score (nSPS) is 27.2. The second-order valence-corrected chi connectivity index (χ2v) is 9.85. The van der Waals surface area contributed by atoms with E-state index >= 15 is 0 Å². The molecule has 2 fully saturated rings. The number of rotatable bonds is 8. The molecule has 1 N–H and O–H groups in total. The summed E-state index contributed by atoms with van der Waals surface area (Å²) in [5, 5.41) is 0. The number of nitrogens with one attached hydrogen (secondary N) is 1. The highest BCUT2D eigenvalue weighted by molar-refractivity contribution is 7.88. The predicted octanol–water partition coefficient (Wildman–Crippen LogP) is 2.83. The van der Waals surface area contributed by atoms with E-state index in [4.69, 9.17) is 9.47 Å². The number of carbonyl (C=O) groups is 1. The summed E-state index contributed by atoms with van der Waals surface area (Å²) in [4.78, 5) is 13.7. The van der Waals surface area contributed by atoms with Crippen molar-refractivity contribution in [2.75, 3.05) is 32.7 Å². The topological polar surface area (TPSA) is 84.9 Å². The van der Waals surface area contributed by atoms with E-state index in [1.807, 2.05) is 6.07 Å². The molecule has 1 saturated heterocycles. The van der Waals surface area contributed by atoms with Gasteiger partial charge in [0.25, 0.3) is 0 Å². The van der Waals surface area contributed by atoms with Crippen LogP contribution in [-0.4, -0.2) is 70.3 Å². The minimum atomic E-state index is -3.43. The number of likely N-dealkylation sites (tertiary alicyclic amines) is 1. The highest BCUT2D eigenvalue weighted by Gasteiger charge is 2.40. The SMILES string of the molecule is CS(=O)(=O)N[C@H]1CCN(C(=O)OCCF)[C@H]1CO[C@H]1CC[C@@H](c2ccccc2)CC1. The van der Waals surface area contributed by atoms with Gasteiger partial charge in [-0.3, -0.25) is 0 Å². The summed E-state index contributed by atoms with van der Waals surface area (Å²) in [6.07, 6.45) is 4.91. The van der Waals surface area contributed by atoms with E-state index in [9.17, 15) is 17.6 Å². The van der Waals surface area contributed by atoms with Gasteiger partial charge < -0.3 is 14.4 Å². The highest BCUT2D eigenvalue weighted by Crippen LogP contribution is 2.34. The molecule has 1 saturated carbocycles. The van der Waals surface area contributed by atoms with Gasteiger partial charge in [0, 0.05) is 12.6 Å². The van der Waals surface area contributed by atoms with E-state index in [0.29, 0.717) is 18.9 Å². The maximum atomic E-state index is 12.4. The summed E-state index contributed by atoms with van der Waals surface area (Å²) in [7, 11) is -3.43. The van der Waals surface area contributed by atoms with Crippen LogP contribution in [0.1, 0.15) is 43.6 Å². The van der Waals surface area contributed by atoms with Gasteiger partial charge in [-0.2, -0.15) is 0 Å². The van der Waals surface area contributed by atoms with Crippen LogP contribution < -0.4 is 4.72 Å². The predicted molar refractivity (Wildman–Crippen MR) is 112 cm³/mol. The Morgan fingerprint density at radius 2 is 1.87 bits per heavy atom. The van der Waals surface area contributed by atoms with Gasteiger partial charge in [0.2, 0.25) is 10.0 Å². The van der Waals surface area contributed by atoms with Gasteiger partial charge in [-0.1, -0.05) is 30.3 Å². The van der Waals surface area contributed by atoms with Gasteiger partial charge in [-0.05, 0) is 43.6 Å². The zero-order valence-electron chi connectivity index (χ0n) is 17.3. The molecule has 0 radical (unpaired) electrons. The lowest BCUT2D eigenvalue weighted by Crippen LogP contribution is -2.49. The third-order valence-corrected chi connectivity index (χ3v) is 6.63. The second-order valence-electron chi connectivity index (χ2n) is 8.07. The van der Waals surface area contributed by atoms with Crippen LogP contribution in [0.5, 0.6) is 0 Å². The minimum Gasteiger partial charge on any atom is -0.447 e. The number of hydrogen-bond donors (Lipinski definition) is 1. The van der Waals surface area contributed by atoms with Crippen molar-refractivity contribution < 1.29 is 27.1 Å². The van der Waals surface area contributed by atoms with Gasteiger partial charge in [-0.25, -0.2) is 22.3 Å². The number of amides is 1. The Labute approximate surface area is 178 Å². The Hall–Kier alpha value is -1.71. The molecule has 3 rings (SSSR count). The molecule has 7 nitrogen and oxygen atoms in total. The first-order valence-electron chi connectivity index (χ1n) is 10.5. The maximum absolute atomic E-state index is 12.4. The number of carbonyl (C=O) groups excluding carboxylic acids is 1. The van der Waals surface area contributed by atoms with Crippen molar-refractivity contribution in [3.05, 3.63) is 35.9 Å². The fourth-order valence-electron chi connectivity index (χ4n) is 4.43.